The lowest BCUT2D eigenvalue weighted by atomic mass is 10.0. The number of nitrogens with one attached hydrogen (secondary N) is 2. The fourth-order valence-electron chi connectivity index (χ4n) is 3.76. The second-order valence-electron chi connectivity index (χ2n) is 8.22. The second-order valence-corrected chi connectivity index (χ2v) is 9.87. The smallest absolute Gasteiger partial charge is 0.264 e. The van der Waals surface area contributed by atoms with Crippen LogP contribution in [0.3, 0.4) is 0 Å². The number of aromatic amines is 1. The predicted octanol–water partition coefficient (Wildman–Crippen LogP) is 4.38. The minimum atomic E-state index is -4.19. The summed E-state index contributed by atoms with van der Waals surface area (Å²) in [7, 11) is -2.63. The number of nitrogen functional groups attached to an aromatic ring is 1. The molecule has 1 heterocycles. The molecule has 0 aliphatic rings. The third kappa shape index (κ3) is 5.86. The van der Waals surface area contributed by atoms with Crippen LogP contribution in [0.25, 0.3) is 10.9 Å². The average Bonchev–Trinajstić information content (AvgIpc) is 3.27. The van der Waals surface area contributed by atoms with Crippen molar-refractivity contribution in [2.45, 2.75) is 30.3 Å². The van der Waals surface area contributed by atoms with Gasteiger partial charge < -0.3 is 20.3 Å². The van der Waals surface area contributed by atoms with Crippen molar-refractivity contribution in [2.75, 3.05) is 24.2 Å². The maximum absolute atomic E-state index is 14.0. The van der Waals surface area contributed by atoms with Crippen LogP contribution in [-0.4, -0.2) is 37.4 Å². The largest absolute Gasteiger partial charge is 0.494 e. The van der Waals surface area contributed by atoms with Gasteiger partial charge >= 0.3 is 0 Å². The number of aliphatic hydroxyl groups excluding tert-OH is 1. The van der Waals surface area contributed by atoms with Gasteiger partial charge in [0.15, 0.2) is 0 Å². The van der Waals surface area contributed by atoms with Crippen molar-refractivity contribution in [1.29, 1.82) is 0 Å². The molecule has 4 aromatic rings. The number of aromatic nitrogens is 2. The quantitative estimate of drug-likeness (QED) is 0.172. The Morgan fingerprint density at radius 3 is 2.78 bits per heavy atom. The van der Waals surface area contributed by atoms with Crippen LogP contribution in [0, 0.1) is 5.82 Å². The standard InChI is InChI=1S/C25H27FN4O5S/c1-34-25-20-10-9-19(15-22(20)28-29-25)35-12-3-2-7-23(31)16-5-4-6-18(13-16)30-36(32,33)24-14-17(27)8-11-21(24)26/h4-6,8-11,13-15,23,30-31H,2-3,7,12,27H2,1H3,(H,28,29)/t23-/m0/s1. The first kappa shape index (κ1) is 25.3. The van der Waals surface area contributed by atoms with E-state index in [1.807, 2.05) is 18.2 Å². The molecule has 11 heteroatoms. The Labute approximate surface area is 208 Å². The molecule has 1 atom stereocenters. The van der Waals surface area contributed by atoms with E-state index in [1.165, 1.54) is 18.2 Å². The molecule has 0 unspecified atom stereocenters. The lowest BCUT2D eigenvalue weighted by Crippen LogP contribution is -2.15. The van der Waals surface area contributed by atoms with Gasteiger partial charge in [-0.3, -0.25) is 9.82 Å². The van der Waals surface area contributed by atoms with Crippen LogP contribution in [0.2, 0.25) is 0 Å². The molecule has 0 spiro atoms. The molecular weight excluding hydrogens is 487 g/mol. The number of sulfonamides is 1. The van der Waals surface area contributed by atoms with Crippen molar-refractivity contribution in [3.05, 3.63) is 72.0 Å². The Kier molecular flexibility index (Phi) is 7.61. The third-order valence-electron chi connectivity index (χ3n) is 5.60. The summed E-state index contributed by atoms with van der Waals surface area (Å²) in [6, 6.07) is 15.3. The fraction of sp³-hybridized carbons (Fsp3) is 0.240. The number of unbranched alkanes of at least 4 members (excludes halogenated alkanes) is 1. The summed E-state index contributed by atoms with van der Waals surface area (Å²) >= 11 is 0. The highest BCUT2D eigenvalue weighted by Gasteiger charge is 2.20. The van der Waals surface area contributed by atoms with E-state index < -0.39 is 26.8 Å². The van der Waals surface area contributed by atoms with E-state index in [9.17, 15) is 17.9 Å². The van der Waals surface area contributed by atoms with Crippen LogP contribution in [0.1, 0.15) is 30.9 Å². The molecule has 0 saturated heterocycles. The summed E-state index contributed by atoms with van der Waals surface area (Å²) in [4.78, 5) is -0.542. The van der Waals surface area contributed by atoms with Gasteiger partial charge in [0.05, 0.1) is 30.7 Å². The van der Waals surface area contributed by atoms with Crippen LogP contribution in [0.4, 0.5) is 15.8 Å². The van der Waals surface area contributed by atoms with E-state index in [0.717, 1.165) is 23.0 Å². The Hall–Kier alpha value is -3.83. The van der Waals surface area contributed by atoms with Gasteiger partial charge in [-0.2, -0.15) is 0 Å². The number of nitrogens with zero attached hydrogens (tertiary/aromatic N) is 1. The number of rotatable bonds is 11. The summed E-state index contributed by atoms with van der Waals surface area (Å²) in [5.41, 5.74) is 7.30. The molecule has 5 N–H and O–H groups in total. The number of halogens is 1. The monoisotopic (exact) mass is 514 g/mol. The van der Waals surface area contributed by atoms with Crippen LogP contribution < -0.4 is 19.9 Å². The van der Waals surface area contributed by atoms with E-state index in [0.29, 0.717) is 43.1 Å². The molecule has 0 bridgehead atoms. The number of fused-ring (bicyclic) bond motifs is 1. The van der Waals surface area contributed by atoms with Crippen molar-refractivity contribution < 1.29 is 27.4 Å². The van der Waals surface area contributed by atoms with Gasteiger partial charge in [0.1, 0.15) is 16.5 Å². The van der Waals surface area contributed by atoms with Gasteiger partial charge in [0.25, 0.3) is 10.0 Å². The molecule has 0 radical (unpaired) electrons. The minimum Gasteiger partial charge on any atom is -0.494 e. The maximum Gasteiger partial charge on any atom is 0.264 e. The Morgan fingerprint density at radius 2 is 1.97 bits per heavy atom. The second kappa shape index (κ2) is 10.8. The van der Waals surface area contributed by atoms with Crippen LogP contribution >= 0.6 is 0 Å². The van der Waals surface area contributed by atoms with Crippen molar-refractivity contribution in [3.8, 4) is 11.6 Å². The first-order chi connectivity index (χ1) is 17.3. The van der Waals surface area contributed by atoms with Gasteiger partial charge in [0, 0.05) is 17.4 Å². The Balaban J connectivity index is 1.29. The normalized spacial score (nSPS) is 12.4. The number of methoxy groups -OCH3 is 1. The van der Waals surface area contributed by atoms with Crippen LogP contribution in [-0.2, 0) is 10.0 Å². The number of anilines is 2. The first-order valence-corrected chi connectivity index (χ1v) is 12.8. The lowest BCUT2D eigenvalue weighted by Gasteiger charge is -2.14. The summed E-state index contributed by atoms with van der Waals surface area (Å²) in [5, 5.41) is 18.4. The van der Waals surface area contributed by atoms with Crippen molar-refractivity contribution in [1.82, 2.24) is 10.2 Å². The first-order valence-electron chi connectivity index (χ1n) is 11.3. The number of aliphatic hydroxyl groups is 1. The van der Waals surface area contributed by atoms with E-state index in [4.69, 9.17) is 15.2 Å². The summed E-state index contributed by atoms with van der Waals surface area (Å²) in [5.74, 6) is 0.324. The van der Waals surface area contributed by atoms with Crippen molar-refractivity contribution in [3.63, 3.8) is 0 Å². The summed E-state index contributed by atoms with van der Waals surface area (Å²) in [6.45, 7) is 0.467. The molecule has 3 aromatic carbocycles. The van der Waals surface area contributed by atoms with Crippen molar-refractivity contribution in [2.24, 2.45) is 0 Å². The average molecular weight is 515 g/mol. The Morgan fingerprint density at radius 1 is 1.14 bits per heavy atom. The Bertz CT molecular complexity index is 1460. The molecule has 4 rings (SSSR count). The zero-order valence-electron chi connectivity index (χ0n) is 19.6. The molecular formula is C25H27FN4O5S. The SMILES string of the molecule is COc1n[nH]c2cc(OCCCC[C@H](O)c3cccc(NS(=O)(=O)c4cc(N)ccc4F)c3)ccc12. The molecule has 190 valence electrons. The van der Waals surface area contributed by atoms with Crippen molar-refractivity contribution >= 4 is 32.3 Å². The number of hydrogen-bond acceptors (Lipinski definition) is 7. The topological polar surface area (TPSA) is 140 Å². The molecule has 0 aliphatic heterocycles. The number of hydrogen-bond donors (Lipinski definition) is 4. The zero-order valence-corrected chi connectivity index (χ0v) is 20.4. The highest BCUT2D eigenvalue weighted by Crippen LogP contribution is 2.27. The summed E-state index contributed by atoms with van der Waals surface area (Å²) in [6.07, 6.45) is 1.06. The van der Waals surface area contributed by atoms with Crippen LogP contribution in [0.15, 0.2) is 65.6 Å². The number of nitrogens with two attached hydrogens (primary N) is 1. The summed E-state index contributed by atoms with van der Waals surface area (Å²) < 4.78 is 52.6. The molecule has 0 amide bonds. The van der Waals surface area contributed by atoms with E-state index in [2.05, 4.69) is 14.9 Å². The van der Waals surface area contributed by atoms with E-state index in [1.54, 1.807) is 19.2 Å². The number of ether oxygens (including phenoxy) is 2. The number of benzene rings is 3. The lowest BCUT2D eigenvalue weighted by molar-refractivity contribution is 0.160. The molecule has 0 saturated carbocycles. The molecule has 0 fully saturated rings. The van der Waals surface area contributed by atoms with Gasteiger partial charge in [-0.05, 0) is 67.3 Å². The molecule has 1 aromatic heterocycles. The maximum atomic E-state index is 14.0. The third-order valence-corrected chi connectivity index (χ3v) is 7.00. The van der Waals surface area contributed by atoms with Gasteiger partial charge in [-0.1, -0.05) is 12.1 Å². The molecule has 36 heavy (non-hydrogen) atoms. The molecule has 9 nitrogen and oxygen atoms in total. The minimum absolute atomic E-state index is 0.131. The van der Waals surface area contributed by atoms with Crippen LogP contribution in [0.5, 0.6) is 11.6 Å². The highest BCUT2D eigenvalue weighted by molar-refractivity contribution is 7.92. The zero-order chi connectivity index (χ0) is 25.7. The fourth-order valence-corrected chi connectivity index (χ4v) is 4.92. The van der Waals surface area contributed by atoms with E-state index >= 15 is 0 Å². The number of H-pyrrole nitrogens is 1. The predicted molar refractivity (Wildman–Crippen MR) is 135 cm³/mol. The van der Waals surface area contributed by atoms with E-state index in [-0.39, 0.29) is 11.4 Å². The molecule has 0 aliphatic carbocycles. The highest BCUT2D eigenvalue weighted by atomic mass is 32.2. The van der Waals surface area contributed by atoms with Gasteiger partial charge in [0.2, 0.25) is 5.88 Å². The van der Waals surface area contributed by atoms with Gasteiger partial charge in [-0.25, -0.2) is 12.8 Å². The van der Waals surface area contributed by atoms with Gasteiger partial charge in [-0.15, -0.1) is 5.10 Å².